The van der Waals surface area contributed by atoms with Gasteiger partial charge in [0.05, 0.1) is 36.5 Å². The summed E-state index contributed by atoms with van der Waals surface area (Å²) in [6.45, 7) is 0. The van der Waals surface area contributed by atoms with Crippen molar-refractivity contribution in [2.24, 2.45) is 0 Å². The zero-order chi connectivity index (χ0) is 8.17. The van der Waals surface area contributed by atoms with E-state index in [9.17, 15) is 20.4 Å². The Kier molecular flexibility index (Phi) is 1.45. The molecule has 0 aromatic heterocycles. The van der Waals surface area contributed by atoms with Crippen LogP contribution in [0.2, 0.25) is 0 Å². The lowest BCUT2D eigenvalue weighted by Gasteiger charge is -2.28. The molecule has 64 valence electrons. The molecular weight excluding hydrogens is 150 g/mol. The molecule has 5 N–H and O–H groups in total. The van der Waals surface area contributed by atoms with E-state index in [1.807, 2.05) is 0 Å². The molecule has 0 spiro atoms. The first-order valence-electron chi connectivity index (χ1n) is 3.61. The summed E-state index contributed by atoms with van der Waals surface area (Å²) in [6.07, 6.45) is -3.84. The molecule has 2 heterocycles. The van der Waals surface area contributed by atoms with Crippen molar-refractivity contribution in [3.8, 4) is 0 Å². The van der Waals surface area contributed by atoms with Crippen LogP contribution in [0.3, 0.4) is 0 Å². The van der Waals surface area contributed by atoms with Gasteiger partial charge in [0, 0.05) is 0 Å². The third-order valence-electron chi connectivity index (χ3n) is 2.56. The molecule has 6 atom stereocenters. The van der Waals surface area contributed by atoms with Crippen LogP contribution in [0.1, 0.15) is 0 Å². The monoisotopic (exact) mass is 161 g/mol. The quantitative estimate of drug-likeness (QED) is 0.258. The third-order valence-corrected chi connectivity index (χ3v) is 2.56. The molecule has 0 aliphatic carbocycles. The maximum atomic E-state index is 9.19. The third kappa shape index (κ3) is 0.771. The van der Waals surface area contributed by atoms with Crippen molar-refractivity contribution in [2.75, 3.05) is 0 Å². The number of fused-ring (bicyclic) bond motifs is 2. The van der Waals surface area contributed by atoms with Gasteiger partial charge < -0.3 is 25.7 Å². The molecule has 2 saturated heterocycles. The summed E-state index contributed by atoms with van der Waals surface area (Å²) in [4.78, 5) is 0. The highest BCUT2D eigenvalue weighted by atomic mass is 16.4. The van der Waals surface area contributed by atoms with Gasteiger partial charge >= 0.3 is 0 Å². The highest BCUT2D eigenvalue weighted by Crippen LogP contribution is 2.29. The second-order valence-corrected chi connectivity index (χ2v) is 3.18. The van der Waals surface area contributed by atoms with Crippen LogP contribution in [0, 0.1) is 0 Å². The molecule has 2 unspecified atom stereocenters. The van der Waals surface area contributed by atoms with Gasteiger partial charge in [-0.3, -0.25) is 0 Å². The SMILES string of the molecule is O[C@@H]1C2NC([C@@H](O)[C@H]2O)[C@@H]1O. The second-order valence-electron chi connectivity index (χ2n) is 3.18. The molecule has 5 heteroatoms. The van der Waals surface area contributed by atoms with Crippen LogP contribution in [0.5, 0.6) is 0 Å². The normalized spacial score (nSPS) is 62.2. The van der Waals surface area contributed by atoms with Crippen molar-refractivity contribution in [1.29, 1.82) is 0 Å². The Morgan fingerprint density at radius 1 is 0.636 bits per heavy atom. The molecule has 2 fully saturated rings. The van der Waals surface area contributed by atoms with Crippen LogP contribution in [0.25, 0.3) is 0 Å². The van der Waals surface area contributed by atoms with Gasteiger partial charge in [-0.25, -0.2) is 0 Å². The van der Waals surface area contributed by atoms with Crippen molar-refractivity contribution >= 4 is 0 Å². The lowest BCUT2D eigenvalue weighted by atomic mass is 9.90. The highest BCUT2D eigenvalue weighted by molar-refractivity contribution is 5.13. The molecule has 0 aromatic rings. The average molecular weight is 161 g/mol. The van der Waals surface area contributed by atoms with E-state index in [1.54, 1.807) is 0 Å². The lowest BCUT2D eigenvalue weighted by Crippen LogP contribution is -2.52. The molecule has 0 radical (unpaired) electrons. The molecule has 2 bridgehead atoms. The minimum atomic E-state index is -0.960. The van der Waals surface area contributed by atoms with E-state index in [4.69, 9.17) is 0 Å². The zero-order valence-electron chi connectivity index (χ0n) is 5.75. The number of hydrogen-bond acceptors (Lipinski definition) is 5. The van der Waals surface area contributed by atoms with Crippen molar-refractivity contribution in [2.45, 2.75) is 36.5 Å². The molecule has 5 nitrogen and oxygen atoms in total. The van der Waals surface area contributed by atoms with Crippen LogP contribution >= 0.6 is 0 Å². The number of nitrogens with one attached hydrogen (secondary N) is 1. The Morgan fingerprint density at radius 3 is 1.09 bits per heavy atom. The summed E-state index contributed by atoms with van der Waals surface area (Å²) in [5, 5.41) is 39.5. The number of hydrogen-bond donors (Lipinski definition) is 5. The standard InChI is InChI=1S/C6H11NO4/c8-3-1-4(9)6(11)2(7-1)5(3)10/h1-11H/t1?,2?,3-,4+,5+,6-. The Hall–Kier alpha value is -0.200. The van der Waals surface area contributed by atoms with Crippen molar-refractivity contribution in [1.82, 2.24) is 5.32 Å². The first kappa shape index (κ1) is 7.45. The summed E-state index contributed by atoms with van der Waals surface area (Å²) in [5.74, 6) is 0. The second kappa shape index (κ2) is 2.15. The van der Waals surface area contributed by atoms with Gasteiger partial charge in [-0.1, -0.05) is 0 Å². The van der Waals surface area contributed by atoms with Gasteiger partial charge in [0.15, 0.2) is 0 Å². The van der Waals surface area contributed by atoms with E-state index in [0.717, 1.165) is 0 Å². The Morgan fingerprint density at radius 2 is 0.909 bits per heavy atom. The summed E-state index contributed by atoms with van der Waals surface area (Å²) >= 11 is 0. The molecule has 0 amide bonds. The maximum absolute atomic E-state index is 9.19. The number of aliphatic hydroxyl groups excluding tert-OH is 4. The topological polar surface area (TPSA) is 93.0 Å². The lowest BCUT2D eigenvalue weighted by molar-refractivity contribution is -0.0819. The summed E-state index contributed by atoms with van der Waals surface area (Å²) in [6, 6.07) is -1.16. The molecule has 0 aromatic carbocycles. The first-order valence-corrected chi connectivity index (χ1v) is 3.61. The van der Waals surface area contributed by atoms with E-state index in [2.05, 4.69) is 5.32 Å². The fourth-order valence-electron chi connectivity index (χ4n) is 1.87. The molecule has 2 aliphatic rings. The van der Waals surface area contributed by atoms with E-state index < -0.39 is 36.5 Å². The van der Waals surface area contributed by atoms with Crippen LogP contribution in [0.4, 0.5) is 0 Å². The van der Waals surface area contributed by atoms with Gasteiger partial charge in [-0.15, -0.1) is 0 Å². The number of rotatable bonds is 0. The van der Waals surface area contributed by atoms with E-state index in [-0.39, 0.29) is 0 Å². The minimum Gasteiger partial charge on any atom is -0.389 e. The van der Waals surface area contributed by atoms with Crippen LogP contribution in [-0.4, -0.2) is 56.9 Å². The van der Waals surface area contributed by atoms with Gasteiger partial charge in [0.1, 0.15) is 0 Å². The molecule has 2 rings (SSSR count). The fourth-order valence-corrected chi connectivity index (χ4v) is 1.87. The molecule has 11 heavy (non-hydrogen) atoms. The van der Waals surface area contributed by atoms with Crippen molar-refractivity contribution in [3.05, 3.63) is 0 Å². The van der Waals surface area contributed by atoms with Gasteiger partial charge in [0.2, 0.25) is 0 Å². The molecular formula is C6H11NO4. The number of aliphatic hydroxyl groups is 4. The van der Waals surface area contributed by atoms with Crippen molar-refractivity contribution in [3.63, 3.8) is 0 Å². The Balaban J connectivity index is 2.21. The summed E-state index contributed by atoms with van der Waals surface area (Å²) < 4.78 is 0. The molecule has 0 saturated carbocycles. The highest BCUT2D eigenvalue weighted by Gasteiger charge is 2.56. The van der Waals surface area contributed by atoms with Crippen molar-refractivity contribution < 1.29 is 20.4 Å². The van der Waals surface area contributed by atoms with E-state index in [1.165, 1.54) is 0 Å². The first-order chi connectivity index (χ1) is 5.13. The van der Waals surface area contributed by atoms with Crippen LogP contribution < -0.4 is 5.32 Å². The average Bonchev–Trinajstić information content (AvgIpc) is 2.40. The predicted molar refractivity (Wildman–Crippen MR) is 34.7 cm³/mol. The van der Waals surface area contributed by atoms with Crippen LogP contribution in [-0.2, 0) is 0 Å². The van der Waals surface area contributed by atoms with Gasteiger partial charge in [-0.05, 0) is 0 Å². The summed E-state index contributed by atoms with van der Waals surface area (Å²) in [7, 11) is 0. The smallest absolute Gasteiger partial charge is 0.0994 e. The Labute approximate surface area is 63.3 Å². The maximum Gasteiger partial charge on any atom is 0.0994 e. The minimum absolute atomic E-state index is 0.579. The summed E-state index contributed by atoms with van der Waals surface area (Å²) in [5.41, 5.74) is 0. The zero-order valence-corrected chi connectivity index (χ0v) is 5.75. The Bertz CT molecular complexity index is 142. The predicted octanol–water partition coefficient (Wildman–Crippen LogP) is -3.22. The van der Waals surface area contributed by atoms with E-state index in [0.29, 0.717) is 0 Å². The fraction of sp³-hybridized carbons (Fsp3) is 1.00. The van der Waals surface area contributed by atoms with Gasteiger partial charge in [-0.2, -0.15) is 0 Å². The van der Waals surface area contributed by atoms with E-state index >= 15 is 0 Å². The largest absolute Gasteiger partial charge is 0.389 e. The molecule has 2 aliphatic heterocycles. The van der Waals surface area contributed by atoms with Gasteiger partial charge in [0.25, 0.3) is 0 Å². The van der Waals surface area contributed by atoms with Crippen LogP contribution in [0.15, 0.2) is 0 Å².